The van der Waals surface area contributed by atoms with Gasteiger partial charge in [0.2, 0.25) is 0 Å². The van der Waals surface area contributed by atoms with Crippen molar-refractivity contribution >= 4 is 38.1 Å². The van der Waals surface area contributed by atoms with Gasteiger partial charge in [-0.2, -0.15) is 0 Å². The average Bonchev–Trinajstić information content (AvgIpc) is 3.13. The van der Waals surface area contributed by atoms with Gasteiger partial charge in [-0.05, 0) is 35.0 Å². The van der Waals surface area contributed by atoms with Crippen LogP contribution in [0.4, 0.5) is 0 Å². The fraction of sp³-hybridized carbons (Fsp3) is 0. The molecule has 0 saturated carbocycles. The summed E-state index contributed by atoms with van der Waals surface area (Å²) in [5.41, 5.74) is 5.59. The molecule has 2 heteroatoms. The van der Waals surface area contributed by atoms with Crippen molar-refractivity contribution in [1.29, 1.82) is 0 Å². The zero-order chi connectivity index (χ0) is 17.8. The quantitative estimate of drug-likeness (QED) is 0.334. The summed E-state index contributed by atoms with van der Waals surface area (Å²) in [7, 11) is 0. The molecule has 0 radical (unpaired) electrons. The van der Waals surface area contributed by atoms with E-state index in [2.05, 4.69) is 102 Å². The largest absolute Gasteiger partial charge is 0.315 e. The molecule has 0 bridgehead atoms. The van der Waals surface area contributed by atoms with Gasteiger partial charge in [-0.15, -0.1) is 0 Å². The van der Waals surface area contributed by atoms with Crippen LogP contribution in [0.5, 0.6) is 0 Å². The number of fused-ring (bicyclic) bond motifs is 6. The summed E-state index contributed by atoms with van der Waals surface area (Å²) in [6.45, 7) is 0. The lowest BCUT2D eigenvalue weighted by molar-refractivity contribution is 1.24. The smallest absolute Gasteiger partial charge is 0.0962 e. The van der Waals surface area contributed by atoms with Gasteiger partial charge in [-0.3, -0.25) is 0 Å². The number of hydrogen-bond acceptors (Lipinski definition) is 1. The summed E-state index contributed by atoms with van der Waals surface area (Å²) in [6.07, 6.45) is 2.13. The number of hydrogen-bond donors (Lipinski definition) is 0. The molecule has 0 amide bonds. The van der Waals surface area contributed by atoms with E-state index in [4.69, 9.17) is 4.98 Å². The van der Waals surface area contributed by atoms with E-state index in [0.29, 0.717) is 0 Å². The first kappa shape index (κ1) is 14.5. The van der Waals surface area contributed by atoms with E-state index in [1.165, 1.54) is 38.1 Å². The van der Waals surface area contributed by atoms with E-state index in [1.54, 1.807) is 0 Å². The van der Waals surface area contributed by atoms with E-state index in [0.717, 1.165) is 11.2 Å². The first-order valence-corrected chi connectivity index (χ1v) is 9.17. The van der Waals surface area contributed by atoms with Crippen molar-refractivity contribution in [1.82, 2.24) is 9.38 Å². The Morgan fingerprint density at radius 3 is 2.37 bits per heavy atom. The van der Waals surface area contributed by atoms with E-state index in [1.807, 2.05) is 0 Å². The Morgan fingerprint density at radius 1 is 0.630 bits per heavy atom. The summed E-state index contributed by atoms with van der Waals surface area (Å²) >= 11 is 0. The molecule has 0 aliphatic carbocycles. The van der Waals surface area contributed by atoms with Crippen LogP contribution in [0.2, 0.25) is 0 Å². The molecule has 126 valence electrons. The van der Waals surface area contributed by atoms with Gasteiger partial charge < -0.3 is 4.40 Å². The van der Waals surface area contributed by atoms with Crippen molar-refractivity contribution in [2.45, 2.75) is 0 Å². The Morgan fingerprint density at radius 2 is 1.41 bits per heavy atom. The number of aromatic nitrogens is 2. The van der Waals surface area contributed by atoms with E-state index in [9.17, 15) is 0 Å². The van der Waals surface area contributed by atoms with E-state index < -0.39 is 0 Å². The molecule has 27 heavy (non-hydrogen) atoms. The van der Waals surface area contributed by atoms with Gasteiger partial charge in [0.05, 0.1) is 16.7 Å². The highest BCUT2D eigenvalue weighted by Gasteiger charge is 2.16. The van der Waals surface area contributed by atoms with E-state index >= 15 is 0 Å². The van der Waals surface area contributed by atoms with Crippen LogP contribution in [0.15, 0.2) is 97.2 Å². The van der Waals surface area contributed by atoms with Gasteiger partial charge in [0.1, 0.15) is 0 Å². The molecule has 3 aromatic heterocycles. The van der Waals surface area contributed by atoms with Gasteiger partial charge in [-0.1, -0.05) is 66.7 Å². The monoisotopic (exact) mass is 344 g/mol. The minimum absolute atomic E-state index is 1.03. The van der Waals surface area contributed by atoms with Crippen molar-refractivity contribution < 1.29 is 0 Å². The number of nitrogens with zero attached hydrogens (tertiary/aromatic N) is 2. The Balaban J connectivity index is 1.88. The molecule has 6 aromatic rings. The zero-order valence-corrected chi connectivity index (χ0v) is 14.6. The molecule has 0 aliphatic rings. The lowest BCUT2D eigenvalue weighted by Gasteiger charge is -2.11. The van der Waals surface area contributed by atoms with Gasteiger partial charge in [-0.25, -0.2) is 4.98 Å². The van der Waals surface area contributed by atoms with Gasteiger partial charge in [0.25, 0.3) is 0 Å². The highest BCUT2D eigenvalue weighted by Crippen LogP contribution is 2.37. The molecule has 0 aliphatic heterocycles. The predicted octanol–water partition coefficient (Wildman–Crippen LogP) is 6.46. The highest BCUT2D eigenvalue weighted by molar-refractivity contribution is 6.14. The van der Waals surface area contributed by atoms with Crippen LogP contribution in [0.25, 0.3) is 49.4 Å². The minimum Gasteiger partial charge on any atom is -0.315 e. The van der Waals surface area contributed by atoms with Gasteiger partial charge in [0, 0.05) is 28.0 Å². The summed E-state index contributed by atoms with van der Waals surface area (Å²) in [5, 5.41) is 4.91. The molecule has 3 heterocycles. The summed E-state index contributed by atoms with van der Waals surface area (Å²) in [6, 6.07) is 32.0. The molecule has 3 aromatic carbocycles. The summed E-state index contributed by atoms with van der Waals surface area (Å²) in [5.74, 6) is 0. The highest BCUT2D eigenvalue weighted by atomic mass is 14.9. The van der Waals surface area contributed by atoms with Crippen LogP contribution in [0.3, 0.4) is 0 Å². The number of pyridine rings is 2. The maximum Gasteiger partial charge on any atom is 0.0962 e. The molecule has 0 atom stereocenters. The van der Waals surface area contributed by atoms with Gasteiger partial charge >= 0.3 is 0 Å². The third-order valence-corrected chi connectivity index (χ3v) is 5.38. The third kappa shape index (κ3) is 2.04. The lowest BCUT2D eigenvalue weighted by Crippen LogP contribution is -1.92. The van der Waals surface area contributed by atoms with Crippen LogP contribution in [0, 0.1) is 0 Å². The first-order chi connectivity index (χ1) is 13.4. The first-order valence-electron chi connectivity index (χ1n) is 9.17. The second-order valence-corrected chi connectivity index (χ2v) is 6.91. The molecule has 0 spiro atoms. The van der Waals surface area contributed by atoms with Crippen LogP contribution in [0.1, 0.15) is 0 Å². The maximum absolute atomic E-state index is 5.13. The Hall–Kier alpha value is -3.65. The number of benzene rings is 3. The molecule has 2 nitrogen and oxygen atoms in total. The van der Waals surface area contributed by atoms with Crippen molar-refractivity contribution in [3.05, 3.63) is 97.2 Å². The van der Waals surface area contributed by atoms with Crippen molar-refractivity contribution in [3.63, 3.8) is 0 Å². The Labute approximate surface area is 156 Å². The second-order valence-electron chi connectivity index (χ2n) is 6.91. The fourth-order valence-electron chi connectivity index (χ4n) is 4.16. The van der Waals surface area contributed by atoms with Crippen LogP contribution < -0.4 is 0 Å². The van der Waals surface area contributed by atoms with Crippen molar-refractivity contribution in [2.24, 2.45) is 0 Å². The van der Waals surface area contributed by atoms with Crippen LogP contribution in [-0.4, -0.2) is 9.38 Å². The number of rotatable bonds is 1. The third-order valence-electron chi connectivity index (χ3n) is 5.38. The van der Waals surface area contributed by atoms with Crippen molar-refractivity contribution in [2.75, 3.05) is 0 Å². The molecule has 6 rings (SSSR count). The predicted molar refractivity (Wildman–Crippen MR) is 113 cm³/mol. The fourth-order valence-corrected chi connectivity index (χ4v) is 4.16. The summed E-state index contributed by atoms with van der Waals surface area (Å²) in [4.78, 5) is 5.13. The maximum atomic E-state index is 5.13. The van der Waals surface area contributed by atoms with Crippen LogP contribution in [-0.2, 0) is 0 Å². The second kappa shape index (κ2) is 5.42. The molecule has 0 saturated heterocycles. The lowest BCUT2D eigenvalue weighted by atomic mass is 9.99. The normalized spacial score (nSPS) is 11.7. The number of para-hydroxylation sites is 1. The van der Waals surface area contributed by atoms with E-state index in [-0.39, 0.29) is 0 Å². The Kier molecular flexibility index (Phi) is 2.91. The molecule has 0 fully saturated rings. The molecular formula is C25H16N2. The average molecular weight is 344 g/mol. The zero-order valence-electron chi connectivity index (χ0n) is 14.6. The molecule has 0 unspecified atom stereocenters. The standard InChI is InChI=1S/C25H16N2/c1-2-11-19-17(8-1)9-7-13-21(19)24-25-22(16-18-10-5-6-15-27(18)25)20-12-3-4-14-23(20)26-24/h1-16H. The summed E-state index contributed by atoms with van der Waals surface area (Å²) < 4.78 is 2.26. The SMILES string of the molecule is c1ccc2c(-c3nc4ccccc4c4cc5ccccn5c34)cccc2c1. The minimum atomic E-state index is 1.03. The Bertz CT molecular complexity index is 1470. The molecule has 0 N–H and O–H groups in total. The van der Waals surface area contributed by atoms with Crippen molar-refractivity contribution in [3.8, 4) is 11.3 Å². The topological polar surface area (TPSA) is 17.3 Å². The molecular weight excluding hydrogens is 328 g/mol. The van der Waals surface area contributed by atoms with Crippen LogP contribution >= 0.6 is 0 Å². The van der Waals surface area contributed by atoms with Gasteiger partial charge in [0.15, 0.2) is 0 Å².